The van der Waals surface area contributed by atoms with Crippen LogP contribution in [-0.4, -0.2) is 51.3 Å². The average Bonchev–Trinajstić information content (AvgIpc) is 2.77. The van der Waals surface area contributed by atoms with E-state index >= 15 is 0 Å². The number of ether oxygens (including phenoxy) is 1. The summed E-state index contributed by atoms with van der Waals surface area (Å²) >= 11 is 0. The minimum atomic E-state index is 0.821. The number of nitrogens with zero attached hydrogens (tertiary/aromatic N) is 1. The quantitative estimate of drug-likeness (QED) is 0.716. The van der Waals surface area contributed by atoms with Crippen molar-refractivity contribution >= 4 is 0 Å². The molecule has 0 saturated carbocycles. The molecule has 3 nitrogen and oxygen atoms in total. The topological polar surface area (TPSA) is 24.5 Å². The smallest absolute Gasteiger partial charge is 0.0495 e. The lowest BCUT2D eigenvalue weighted by Crippen LogP contribution is -2.37. The molecule has 0 aromatic carbocycles. The Bertz CT molecular complexity index is 192. The van der Waals surface area contributed by atoms with E-state index in [1.807, 2.05) is 0 Å². The van der Waals surface area contributed by atoms with E-state index in [4.69, 9.17) is 4.74 Å². The highest BCUT2D eigenvalue weighted by Crippen LogP contribution is 2.16. The molecule has 2 atom stereocenters. The first kappa shape index (κ1) is 12.3. The third-order valence-corrected chi connectivity index (χ3v) is 3.91. The van der Waals surface area contributed by atoms with Crippen LogP contribution in [0.3, 0.4) is 0 Å². The molecule has 2 aliphatic rings. The summed E-state index contributed by atoms with van der Waals surface area (Å²) in [5, 5.41) is 3.62. The van der Waals surface area contributed by atoms with Crippen LogP contribution >= 0.6 is 0 Å². The Morgan fingerprint density at radius 3 is 3.00 bits per heavy atom. The molecular formula is C13H26N2O. The molecule has 2 fully saturated rings. The van der Waals surface area contributed by atoms with Gasteiger partial charge < -0.3 is 15.0 Å². The van der Waals surface area contributed by atoms with Gasteiger partial charge in [-0.1, -0.05) is 0 Å². The average molecular weight is 226 g/mol. The van der Waals surface area contributed by atoms with Crippen molar-refractivity contribution in [2.75, 3.05) is 46.4 Å². The van der Waals surface area contributed by atoms with Crippen LogP contribution in [0.15, 0.2) is 0 Å². The van der Waals surface area contributed by atoms with Gasteiger partial charge in [0.15, 0.2) is 0 Å². The normalized spacial score (nSPS) is 32.1. The monoisotopic (exact) mass is 226 g/mol. The van der Waals surface area contributed by atoms with Gasteiger partial charge in [0.2, 0.25) is 0 Å². The van der Waals surface area contributed by atoms with Gasteiger partial charge in [-0.2, -0.15) is 0 Å². The summed E-state index contributed by atoms with van der Waals surface area (Å²) in [5.74, 6) is 1.69. The van der Waals surface area contributed by atoms with Crippen molar-refractivity contribution < 1.29 is 4.74 Å². The molecule has 2 rings (SSSR count). The minimum absolute atomic E-state index is 0.821. The lowest BCUT2D eigenvalue weighted by Gasteiger charge is -2.29. The molecule has 2 unspecified atom stereocenters. The molecule has 94 valence electrons. The number of hydrogen-bond acceptors (Lipinski definition) is 3. The first-order valence-electron chi connectivity index (χ1n) is 6.81. The lowest BCUT2D eigenvalue weighted by atomic mass is 9.98. The van der Waals surface area contributed by atoms with Crippen LogP contribution in [0.5, 0.6) is 0 Å². The second-order valence-corrected chi connectivity index (χ2v) is 5.49. The van der Waals surface area contributed by atoms with E-state index < -0.39 is 0 Å². The van der Waals surface area contributed by atoms with Gasteiger partial charge in [0.25, 0.3) is 0 Å². The van der Waals surface area contributed by atoms with E-state index in [0.29, 0.717) is 0 Å². The first-order valence-corrected chi connectivity index (χ1v) is 6.81. The van der Waals surface area contributed by atoms with E-state index in [2.05, 4.69) is 17.3 Å². The maximum atomic E-state index is 5.38. The molecule has 2 heterocycles. The molecule has 0 radical (unpaired) electrons. The van der Waals surface area contributed by atoms with Gasteiger partial charge in [0, 0.05) is 19.8 Å². The summed E-state index contributed by atoms with van der Waals surface area (Å²) in [6, 6.07) is 0. The zero-order valence-corrected chi connectivity index (χ0v) is 10.6. The van der Waals surface area contributed by atoms with E-state index in [9.17, 15) is 0 Å². The van der Waals surface area contributed by atoms with Crippen molar-refractivity contribution in [2.45, 2.75) is 25.7 Å². The van der Waals surface area contributed by atoms with Crippen molar-refractivity contribution in [3.8, 4) is 0 Å². The zero-order valence-electron chi connectivity index (χ0n) is 10.6. The maximum absolute atomic E-state index is 5.38. The Hall–Kier alpha value is -0.120. The number of nitrogens with one attached hydrogen (secondary N) is 1. The number of piperidine rings is 1. The third kappa shape index (κ3) is 4.04. The first-order chi connectivity index (χ1) is 7.84. The highest BCUT2D eigenvalue weighted by molar-refractivity contribution is 4.73. The summed E-state index contributed by atoms with van der Waals surface area (Å²) < 4.78 is 5.38. The largest absolute Gasteiger partial charge is 0.381 e. The van der Waals surface area contributed by atoms with Crippen molar-refractivity contribution in [3.05, 3.63) is 0 Å². The Morgan fingerprint density at radius 2 is 2.25 bits per heavy atom. The molecule has 0 spiro atoms. The fourth-order valence-electron chi connectivity index (χ4n) is 2.86. The molecule has 0 aliphatic carbocycles. The van der Waals surface area contributed by atoms with Crippen molar-refractivity contribution in [1.82, 2.24) is 10.2 Å². The van der Waals surface area contributed by atoms with Gasteiger partial charge in [-0.15, -0.1) is 0 Å². The summed E-state index contributed by atoms with van der Waals surface area (Å²) in [5.41, 5.74) is 0. The standard InChI is InChI=1S/C13H26N2O/c1-15-7-2-3-13(10-15)9-14-6-4-12-5-8-16-11-12/h12-14H,2-11H2,1H3. The Balaban J connectivity index is 1.50. The zero-order chi connectivity index (χ0) is 11.2. The number of rotatable bonds is 5. The molecule has 0 aromatic rings. The highest BCUT2D eigenvalue weighted by atomic mass is 16.5. The van der Waals surface area contributed by atoms with Gasteiger partial charge in [-0.25, -0.2) is 0 Å². The van der Waals surface area contributed by atoms with E-state index in [0.717, 1.165) is 25.0 Å². The predicted molar refractivity (Wildman–Crippen MR) is 66.6 cm³/mol. The highest BCUT2D eigenvalue weighted by Gasteiger charge is 2.17. The molecule has 3 heteroatoms. The molecule has 1 N–H and O–H groups in total. The number of hydrogen-bond donors (Lipinski definition) is 1. The molecular weight excluding hydrogens is 200 g/mol. The van der Waals surface area contributed by atoms with E-state index in [-0.39, 0.29) is 0 Å². The van der Waals surface area contributed by atoms with Crippen LogP contribution < -0.4 is 5.32 Å². The molecule has 16 heavy (non-hydrogen) atoms. The summed E-state index contributed by atoms with van der Waals surface area (Å²) in [7, 11) is 2.24. The van der Waals surface area contributed by atoms with Gasteiger partial charge >= 0.3 is 0 Å². The SMILES string of the molecule is CN1CCCC(CNCCC2CCOC2)C1. The maximum Gasteiger partial charge on any atom is 0.0495 e. The van der Waals surface area contributed by atoms with Crippen LogP contribution in [0.2, 0.25) is 0 Å². The fraction of sp³-hybridized carbons (Fsp3) is 1.00. The van der Waals surface area contributed by atoms with Crippen LogP contribution in [0.1, 0.15) is 25.7 Å². The fourth-order valence-corrected chi connectivity index (χ4v) is 2.86. The summed E-state index contributed by atoms with van der Waals surface area (Å²) in [4.78, 5) is 2.46. The van der Waals surface area contributed by atoms with Crippen molar-refractivity contribution in [2.24, 2.45) is 11.8 Å². The van der Waals surface area contributed by atoms with Crippen LogP contribution in [-0.2, 0) is 4.74 Å². The van der Waals surface area contributed by atoms with Gasteiger partial charge in [0.05, 0.1) is 0 Å². The number of likely N-dealkylation sites (tertiary alicyclic amines) is 1. The van der Waals surface area contributed by atoms with Crippen LogP contribution in [0.4, 0.5) is 0 Å². The Labute approximate surface area is 99.5 Å². The van der Waals surface area contributed by atoms with Crippen LogP contribution in [0.25, 0.3) is 0 Å². The summed E-state index contributed by atoms with van der Waals surface area (Å²) in [6.07, 6.45) is 5.35. The lowest BCUT2D eigenvalue weighted by molar-refractivity contribution is 0.183. The Kier molecular flexibility index (Phi) is 5.07. The van der Waals surface area contributed by atoms with Crippen LogP contribution in [0, 0.1) is 11.8 Å². The van der Waals surface area contributed by atoms with Gasteiger partial charge in [-0.05, 0) is 64.2 Å². The second-order valence-electron chi connectivity index (χ2n) is 5.49. The molecule has 2 aliphatic heterocycles. The van der Waals surface area contributed by atoms with E-state index in [1.165, 1.54) is 51.9 Å². The van der Waals surface area contributed by atoms with Crippen molar-refractivity contribution in [3.63, 3.8) is 0 Å². The van der Waals surface area contributed by atoms with Gasteiger partial charge in [0.1, 0.15) is 0 Å². The molecule has 0 bridgehead atoms. The minimum Gasteiger partial charge on any atom is -0.381 e. The summed E-state index contributed by atoms with van der Waals surface area (Å²) in [6.45, 7) is 6.92. The van der Waals surface area contributed by atoms with Gasteiger partial charge in [-0.3, -0.25) is 0 Å². The Morgan fingerprint density at radius 1 is 1.31 bits per heavy atom. The molecule has 0 aromatic heterocycles. The van der Waals surface area contributed by atoms with E-state index in [1.54, 1.807) is 0 Å². The molecule has 0 amide bonds. The third-order valence-electron chi connectivity index (χ3n) is 3.91. The molecule has 2 saturated heterocycles. The second kappa shape index (κ2) is 6.58. The predicted octanol–water partition coefficient (Wildman–Crippen LogP) is 1.34. The van der Waals surface area contributed by atoms with Crippen molar-refractivity contribution in [1.29, 1.82) is 0 Å².